The van der Waals surface area contributed by atoms with Gasteiger partial charge < -0.3 is 16.2 Å². The summed E-state index contributed by atoms with van der Waals surface area (Å²) in [4.78, 5) is 15.8. The number of nitrogens with zero attached hydrogens (tertiary/aromatic N) is 1. The van der Waals surface area contributed by atoms with Crippen molar-refractivity contribution >= 4 is 11.8 Å². The van der Waals surface area contributed by atoms with E-state index >= 15 is 0 Å². The number of carboxylic acids is 1. The molecule has 0 saturated heterocycles. The number of anilines is 1. The zero-order chi connectivity index (χ0) is 15.3. The largest absolute Gasteiger partial charge is 0.480 e. The fraction of sp³-hybridized carbons (Fsp3) is 0.625. The highest BCUT2D eigenvalue weighted by atomic mass is 16.4. The Kier molecular flexibility index (Phi) is 5.17. The second-order valence-electron chi connectivity index (χ2n) is 5.86. The smallest absolute Gasteiger partial charge is 0.323 e. The fourth-order valence-corrected chi connectivity index (χ4v) is 2.69. The van der Waals surface area contributed by atoms with E-state index in [1.54, 1.807) is 0 Å². The van der Waals surface area contributed by atoms with Gasteiger partial charge in [0, 0.05) is 12.2 Å². The number of hydrogen-bond acceptors (Lipinski definition) is 4. The van der Waals surface area contributed by atoms with Crippen molar-refractivity contribution in [2.75, 3.05) is 11.9 Å². The molecule has 0 fully saturated rings. The highest BCUT2D eigenvalue weighted by Gasteiger charge is 2.30. The van der Waals surface area contributed by atoms with Crippen molar-refractivity contribution in [2.45, 2.75) is 57.4 Å². The van der Waals surface area contributed by atoms with Crippen LogP contribution in [-0.4, -0.2) is 28.1 Å². The van der Waals surface area contributed by atoms with Crippen LogP contribution in [0.1, 0.15) is 50.3 Å². The van der Waals surface area contributed by atoms with Gasteiger partial charge in [0.2, 0.25) is 0 Å². The van der Waals surface area contributed by atoms with E-state index in [1.807, 2.05) is 6.92 Å². The van der Waals surface area contributed by atoms with Crippen molar-refractivity contribution < 1.29 is 9.90 Å². The van der Waals surface area contributed by atoms with Crippen LogP contribution >= 0.6 is 0 Å². The summed E-state index contributed by atoms with van der Waals surface area (Å²) in [6.07, 6.45) is 5.83. The molecule has 5 nitrogen and oxygen atoms in total. The molecule has 0 saturated carbocycles. The van der Waals surface area contributed by atoms with Gasteiger partial charge in [0.1, 0.15) is 11.4 Å². The van der Waals surface area contributed by atoms with Crippen molar-refractivity contribution in [3.8, 4) is 0 Å². The standard InChI is InChI=1S/C16H25N3O2/c1-2-16(17,15(20)21)10-4-3-7-13-9-8-12-6-5-11-18-14(12)19-13/h8-9H,2-7,10-11,17H2,1H3,(H,18,19)(H,20,21). The van der Waals surface area contributed by atoms with Crippen molar-refractivity contribution in [3.63, 3.8) is 0 Å². The highest BCUT2D eigenvalue weighted by Crippen LogP contribution is 2.21. The number of hydrogen-bond donors (Lipinski definition) is 3. The lowest BCUT2D eigenvalue weighted by Crippen LogP contribution is -2.47. The molecule has 4 N–H and O–H groups in total. The minimum Gasteiger partial charge on any atom is -0.480 e. The normalized spacial score (nSPS) is 16.7. The number of fused-ring (bicyclic) bond motifs is 1. The number of aromatic nitrogens is 1. The topological polar surface area (TPSA) is 88.2 Å². The molecule has 0 bridgehead atoms. The molecule has 5 heteroatoms. The molecule has 0 amide bonds. The zero-order valence-electron chi connectivity index (χ0n) is 12.7. The Labute approximate surface area is 126 Å². The van der Waals surface area contributed by atoms with E-state index < -0.39 is 11.5 Å². The lowest BCUT2D eigenvalue weighted by Gasteiger charge is -2.22. The number of unbranched alkanes of at least 4 members (excludes halogenated alkanes) is 1. The number of rotatable bonds is 7. The molecule has 0 spiro atoms. The molecule has 116 valence electrons. The molecule has 0 aliphatic carbocycles. The van der Waals surface area contributed by atoms with Gasteiger partial charge in [-0.3, -0.25) is 4.79 Å². The third kappa shape index (κ3) is 3.94. The lowest BCUT2D eigenvalue weighted by atomic mass is 9.90. The molecular weight excluding hydrogens is 266 g/mol. The van der Waals surface area contributed by atoms with Gasteiger partial charge in [0.15, 0.2) is 0 Å². The van der Waals surface area contributed by atoms with E-state index in [4.69, 9.17) is 10.8 Å². The van der Waals surface area contributed by atoms with Crippen LogP contribution < -0.4 is 11.1 Å². The number of nitrogens with two attached hydrogens (primary N) is 1. The van der Waals surface area contributed by atoms with Crippen molar-refractivity contribution in [1.82, 2.24) is 4.98 Å². The van der Waals surface area contributed by atoms with E-state index in [0.29, 0.717) is 12.8 Å². The van der Waals surface area contributed by atoms with Gasteiger partial charge in [0.25, 0.3) is 0 Å². The van der Waals surface area contributed by atoms with Gasteiger partial charge in [0.05, 0.1) is 0 Å². The molecule has 0 radical (unpaired) electrons. The summed E-state index contributed by atoms with van der Waals surface area (Å²) in [6.45, 7) is 2.82. The minimum absolute atomic E-state index is 0.462. The number of aryl methyl sites for hydroxylation is 2. The molecule has 1 aliphatic rings. The summed E-state index contributed by atoms with van der Waals surface area (Å²) < 4.78 is 0. The zero-order valence-corrected chi connectivity index (χ0v) is 12.7. The summed E-state index contributed by atoms with van der Waals surface area (Å²) in [5.74, 6) is 0.118. The first-order valence-electron chi connectivity index (χ1n) is 7.80. The first-order chi connectivity index (χ1) is 10.0. The average Bonchev–Trinajstić information content (AvgIpc) is 2.51. The monoisotopic (exact) mass is 291 g/mol. The second-order valence-corrected chi connectivity index (χ2v) is 5.86. The Morgan fingerprint density at radius 1 is 1.48 bits per heavy atom. The van der Waals surface area contributed by atoms with Crippen LogP contribution in [0, 0.1) is 0 Å². The quantitative estimate of drug-likeness (QED) is 0.671. The van der Waals surface area contributed by atoms with Gasteiger partial charge in [-0.25, -0.2) is 4.98 Å². The Balaban J connectivity index is 1.82. The van der Waals surface area contributed by atoms with E-state index in [0.717, 1.165) is 43.7 Å². The number of aliphatic carboxylic acids is 1. The van der Waals surface area contributed by atoms with E-state index in [1.165, 1.54) is 12.0 Å². The molecule has 1 aliphatic heterocycles. The third-order valence-corrected chi connectivity index (χ3v) is 4.31. The summed E-state index contributed by atoms with van der Waals surface area (Å²) in [5.41, 5.74) is 7.17. The summed E-state index contributed by atoms with van der Waals surface area (Å²) in [6, 6.07) is 4.24. The van der Waals surface area contributed by atoms with Crippen molar-refractivity contribution in [1.29, 1.82) is 0 Å². The Morgan fingerprint density at radius 2 is 2.29 bits per heavy atom. The molecule has 2 rings (SSSR count). The number of pyridine rings is 1. The van der Waals surface area contributed by atoms with Gasteiger partial charge in [-0.15, -0.1) is 0 Å². The summed E-state index contributed by atoms with van der Waals surface area (Å²) in [7, 11) is 0. The van der Waals surface area contributed by atoms with Crippen LogP contribution in [0.3, 0.4) is 0 Å². The molecule has 0 aromatic carbocycles. The van der Waals surface area contributed by atoms with E-state index in [9.17, 15) is 4.79 Å². The minimum atomic E-state index is -1.08. The van der Waals surface area contributed by atoms with Gasteiger partial charge in [-0.1, -0.05) is 19.4 Å². The van der Waals surface area contributed by atoms with E-state index in [2.05, 4.69) is 22.4 Å². The number of carbonyl (C=O) groups is 1. The maximum absolute atomic E-state index is 11.1. The van der Waals surface area contributed by atoms with Gasteiger partial charge in [-0.05, 0) is 50.2 Å². The predicted molar refractivity (Wildman–Crippen MR) is 83.4 cm³/mol. The van der Waals surface area contributed by atoms with Crippen LogP contribution in [0.2, 0.25) is 0 Å². The number of carboxylic acid groups (broad SMARTS) is 1. The molecular formula is C16H25N3O2. The molecule has 2 heterocycles. The van der Waals surface area contributed by atoms with Gasteiger partial charge >= 0.3 is 5.97 Å². The maximum atomic E-state index is 11.1. The summed E-state index contributed by atoms with van der Waals surface area (Å²) >= 11 is 0. The molecule has 1 unspecified atom stereocenters. The van der Waals surface area contributed by atoms with Crippen LogP contribution in [0.5, 0.6) is 0 Å². The van der Waals surface area contributed by atoms with Crippen molar-refractivity contribution in [2.24, 2.45) is 5.73 Å². The van der Waals surface area contributed by atoms with Crippen LogP contribution in [-0.2, 0) is 17.6 Å². The van der Waals surface area contributed by atoms with Crippen molar-refractivity contribution in [3.05, 3.63) is 23.4 Å². The second kappa shape index (κ2) is 6.89. The maximum Gasteiger partial charge on any atom is 0.323 e. The fourth-order valence-electron chi connectivity index (χ4n) is 2.69. The summed E-state index contributed by atoms with van der Waals surface area (Å²) in [5, 5.41) is 12.5. The number of nitrogens with one attached hydrogen (secondary N) is 1. The average molecular weight is 291 g/mol. The Bertz CT molecular complexity index is 504. The Morgan fingerprint density at radius 3 is 3.00 bits per heavy atom. The Hall–Kier alpha value is -1.62. The molecule has 1 aromatic rings. The van der Waals surface area contributed by atoms with Gasteiger partial charge in [-0.2, -0.15) is 0 Å². The SMILES string of the molecule is CCC(N)(CCCCc1ccc2c(n1)NCCC2)C(=O)O. The lowest BCUT2D eigenvalue weighted by molar-refractivity contribution is -0.143. The highest BCUT2D eigenvalue weighted by molar-refractivity contribution is 5.78. The van der Waals surface area contributed by atoms with Crippen LogP contribution in [0.4, 0.5) is 5.82 Å². The first kappa shape index (κ1) is 15.8. The first-order valence-corrected chi connectivity index (χ1v) is 7.80. The van der Waals surface area contributed by atoms with E-state index in [-0.39, 0.29) is 0 Å². The molecule has 1 atom stereocenters. The van der Waals surface area contributed by atoms with Crippen LogP contribution in [0.25, 0.3) is 0 Å². The predicted octanol–water partition coefficient (Wildman–Crippen LogP) is 2.34. The molecule has 1 aromatic heterocycles. The third-order valence-electron chi connectivity index (χ3n) is 4.31. The van der Waals surface area contributed by atoms with Crippen LogP contribution in [0.15, 0.2) is 12.1 Å². The molecule has 21 heavy (non-hydrogen) atoms.